The van der Waals surface area contributed by atoms with E-state index in [4.69, 9.17) is 9.47 Å². The Morgan fingerprint density at radius 2 is 2.06 bits per heavy atom. The normalized spacial score (nSPS) is 10.2. The molecule has 3 nitrogen and oxygen atoms in total. The number of ketones is 1. The monoisotopic (exact) mass is 222 g/mol. The summed E-state index contributed by atoms with van der Waals surface area (Å²) in [7, 11) is 1.63. The van der Waals surface area contributed by atoms with E-state index in [0.717, 1.165) is 23.3 Å². The SMILES string of the molecule is CCc1ccc(OCCOC)cc1C(C)=O. The number of hydrogen-bond donors (Lipinski definition) is 0. The highest BCUT2D eigenvalue weighted by Crippen LogP contribution is 2.19. The summed E-state index contributed by atoms with van der Waals surface area (Å²) >= 11 is 0. The zero-order valence-corrected chi connectivity index (χ0v) is 10.1. The number of ether oxygens (including phenoxy) is 2. The van der Waals surface area contributed by atoms with Crippen LogP contribution in [0.5, 0.6) is 5.75 Å². The molecular formula is C13H18O3. The van der Waals surface area contributed by atoms with E-state index in [9.17, 15) is 4.79 Å². The van der Waals surface area contributed by atoms with Gasteiger partial charge < -0.3 is 9.47 Å². The molecule has 16 heavy (non-hydrogen) atoms. The molecule has 0 amide bonds. The van der Waals surface area contributed by atoms with Gasteiger partial charge in [-0.2, -0.15) is 0 Å². The lowest BCUT2D eigenvalue weighted by atomic mass is 10.0. The van der Waals surface area contributed by atoms with Crippen molar-refractivity contribution in [2.24, 2.45) is 0 Å². The summed E-state index contributed by atoms with van der Waals surface area (Å²) < 4.78 is 10.4. The first-order valence-electron chi connectivity index (χ1n) is 5.44. The number of benzene rings is 1. The second-order valence-electron chi connectivity index (χ2n) is 3.57. The molecule has 1 rings (SSSR count). The third-order valence-electron chi connectivity index (χ3n) is 2.40. The van der Waals surface area contributed by atoms with Crippen LogP contribution in [-0.4, -0.2) is 26.1 Å². The van der Waals surface area contributed by atoms with Gasteiger partial charge in [-0.25, -0.2) is 0 Å². The quantitative estimate of drug-likeness (QED) is 0.548. The largest absolute Gasteiger partial charge is 0.491 e. The van der Waals surface area contributed by atoms with Gasteiger partial charge in [0.15, 0.2) is 5.78 Å². The van der Waals surface area contributed by atoms with Crippen LogP contribution in [0.15, 0.2) is 18.2 Å². The summed E-state index contributed by atoms with van der Waals surface area (Å²) in [6, 6.07) is 5.64. The fourth-order valence-corrected chi connectivity index (χ4v) is 1.52. The average molecular weight is 222 g/mol. The van der Waals surface area contributed by atoms with Gasteiger partial charge in [0.1, 0.15) is 12.4 Å². The van der Waals surface area contributed by atoms with Crippen molar-refractivity contribution in [1.82, 2.24) is 0 Å². The third-order valence-corrected chi connectivity index (χ3v) is 2.40. The van der Waals surface area contributed by atoms with Gasteiger partial charge in [0.2, 0.25) is 0 Å². The zero-order valence-electron chi connectivity index (χ0n) is 10.1. The van der Waals surface area contributed by atoms with Crippen LogP contribution >= 0.6 is 0 Å². The molecule has 1 aromatic carbocycles. The van der Waals surface area contributed by atoms with E-state index in [2.05, 4.69) is 0 Å². The standard InChI is InChI=1S/C13H18O3/c1-4-11-5-6-12(16-8-7-15-3)9-13(11)10(2)14/h5-6,9H,4,7-8H2,1-3H3. The van der Waals surface area contributed by atoms with Gasteiger partial charge in [-0.1, -0.05) is 13.0 Å². The Balaban J connectivity index is 2.81. The van der Waals surface area contributed by atoms with Crippen LogP contribution in [0.4, 0.5) is 0 Å². The maximum absolute atomic E-state index is 11.4. The van der Waals surface area contributed by atoms with Gasteiger partial charge in [-0.05, 0) is 31.0 Å². The average Bonchev–Trinajstić information content (AvgIpc) is 2.29. The van der Waals surface area contributed by atoms with Crippen molar-refractivity contribution in [3.8, 4) is 5.75 Å². The van der Waals surface area contributed by atoms with E-state index in [1.807, 2.05) is 19.1 Å². The number of methoxy groups -OCH3 is 1. The molecule has 0 atom stereocenters. The predicted octanol–water partition coefficient (Wildman–Crippen LogP) is 2.48. The highest BCUT2D eigenvalue weighted by atomic mass is 16.5. The van der Waals surface area contributed by atoms with Crippen LogP contribution in [0.1, 0.15) is 29.8 Å². The van der Waals surface area contributed by atoms with E-state index in [1.165, 1.54) is 0 Å². The smallest absolute Gasteiger partial charge is 0.160 e. The predicted molar refractivity (Wildman–Crippen MR) is 63.2 cm³/mol. The number of rotatable bonds is 6. The maximum atomic E-state index is 11.4. The first kappa shape index (κ1) is 12.7. The maximum Gasteiger partial charge on any atom is 0.160 e. The molecule has 0 bridgehead atoms. The van der Waals surface area contributed by atoms with Crippen molar-refractivity contribution in [2.75, 3.05) is 20.3 Å². The van der Waals surface area contributed by atoms with Crippen molar-refractivity contribution < 1.29 is 14.3 Å². The van der Waals surface area contributed by atoms with E-state index in [0.29, 0.717) is 13.2 Å². The number of carbonyl (C=O) groups is 1. The van der Waals surface area contributed by atoms with E-state index < -0.39 is 0 Å². The Labute approximate surface area is 96.4 Å². The van der Waals surface area contributed by atoms with E-state index in [1.54, 1.807) is 20.1 Å². The Kier molecular flexibility index (Phi) is 4.99. The molecule has 0 unspecified atom stereocenters. The second kappa shape index (κ2) is 6.28. The van der Waals surface area contributed by atoms with Gasteiger partial charge in [0.05, 0.1) is 6.61 Å². The lowest BCUT2D eigenvalue weighted by Gasteiger charge is -2.09. The van der Waals surface area contributed by atoms with Crippen LogP contribution in [-0.2, 0) is 11.2 Å². The molecule has 0 N–H and O–H groups in total. The molecule has 0 saturated heterocycles. The molecule has 0 aliphatic rings. The van der Waals surface area contributed by atoms with Crippen LogP contribution < -0.4 is 4.74 Å². The first-order valence-corrected chi connectivity index (χ1v) is 5.44. The van der Waals surface area contributed by atoms with Gasteiger partial charge in [0, 0.05) is 12.7 Å². The Bertz CT molecular complexity index is 358. The van der Waals surface area contributed by atoms with Crippen molar-refractivity contribution in [1.29, 1.82) is 0 Å². The van der Waals surface area contributed by atoms with Crippen molar-refractivity contribution in [3.05, 3.63) is 29.3 Å². The molecule has 0 fully saturated rings. The summed E-state index contributed by atoms with van der Waals surface area (Å²) in [6.07, 6.45) is 0.854. The summed E-state index contributed by atoms with van der Waals surface area (Å²) in [5, 5.41) is 0. The minimum Gasteiger partial charge on any atom is -0.491 e. The van der Waals surface area contributed by atoms with Crippen LogP contribution in [0, 0.1) is 0 Å². The molecule has 3 heteroatoms. The van der Waals surface area contributed by atoms with Gasteiger partial charge in [-0.3, -0.25) is 4.79 Å². The number of aryl methyl sites for hydroxylation is 1. The Hall–Kier alpha value is -1.35. The molecule has 88 valence electrons. The molecule has 0 saturated carbocycles. The number of hydrogen-bond acceptors (Lipinski definition) is 3. The molecule has 0 radical (unpaired) electrons. The lowest BCUT2D eigenvalue weighted by molar-refractivity contribution is 0.101. The van der Waals surface area contributed by atoms with Gasteiger partial charge in [-0.15, -0.1) is 0 Å². The van der Waals surface area contributed by atoms with E-state index in [-0.39, 0.29) is 5.78 Å². The fourth-order valence-electron chi connectivity index (χ4n) is 1.52. The number of carbonyl (C=O) groups excluding carboxylic acids is 1. The summed E-state index contributed by atoms with van der Waals surface area (Å²) in [5.41, 5.74) is 1.81. The van der Waals surface area contributed by atoms with Crippen LogP contribution in [0.2, 0.25) is 0 Å². The first-order chi connectivity index (χ1) is 7.69. The van der Waals surface area contributed by atoms with E-state index >= 15 is 0 Å². The Morgan fingerprint density at radius 1 is 1.31 bits per heavy atom. The molecule has 0 heterocycles. The molecule has 0 spiro atoms. The van der Waals surface area contributed by atoms with Crippen LogP contribution in [0.25, 0.3) is 0 Å². The summed E-state index contributed by atoms with van der Waals surface area (Å²) in [6.45, 7) is 4.66. The van der Waals surface area contributed by atoms with Crippen LogP contribution in [0.3, 0.4) is 0 Å². The molecule has 0 aliphatic heterocycles. The third kappa shape index (κ3) is 3.35. The summed E-state index contributed by atoms with van der Waals surface area (Å²) in [5.74, 6) is 0.800. The molecule has 0 aromatic heterocycles. The van der Waals surface area contributed by atoms with Gasteiger partial charge >= 0.3 is 0 Å². The minimum absolute atomic E-state index is 0.0778. The van der Waals surface area contributed by atoms with Crippen molar-refractivity contribution >= 4 is 5.78 Å². The highest BCUT2D eigenvalue weighted by molar-refractivity contribution is 5.96. The van der Waals surface area contributed by atoms with Gasteiger partial charge in [0.25, 0.3) is 0 Å². The highest BCUT2D eigenvalue weighted by Gasteiger charge is 2.07. The topological polar surface area (TPSA) is 35.5 Å². The molecule has 1 aromatic rings. The Morgan fingerprint density at radius 3 is 2.62 bits per heavy atom. The molecular weight excluding hydrogens is 204 g/mol. The summed E-state index contributed by atoms with van der Waals surface area (Å²) in [4.78, 5) is 11.4. The zero-order chi connectivity index (χ0) is 12.0. The fraction of sp³-hybridized carbons (Fsp3) is 0.462. The second-order valence-corrected chi connectivity index (χ2v) is 3.57. The van der Waals surface area contributed by atoms with Crippen molar-refractivity contribution in [2.45, 2.75) is 20.3 Å². The van der Waals surface area contributed by atoms with Crippen molar-refractivity contribution in [3.63, 3.8) is 0 Å². The molecule has 0 aliphatic carbocycles. The lowest BCUT2D eigenvalue weighted by Crippen LogP contribution is -2.06. The minimum atomic E-state index is 0.0778. The number of Topliss-reactive ketones (excluding diaryl/α,β-unsaturated/α-hetero) is 1.